The molecule has 0 unspecified atom stereocenters. The monoisotopic (exact) mass is 307 g/mol. The summed E-state index contributed by atoms with van der Waals surface area (Å²) < 4.78 is 22.0. The third-order valence-electron chi connectivity index (χ3n) is 3.32. The molecular weight excluding hydrogens is 293 g/mol. The molecule has 0 radical (unpaired) electrons. The molecule has 110 valence electrons. The van der Waals surface area contributed by atoms with Gasteiger partial charge in [0.2, 0.25) is 0 Å². The number of hydrogen-bond donors (Lipinski definition) is 2. The molecular formula is C14H14NO5P. The van der Waals surface area contributed by atoms with Crippen molar-refractivity contribution >= 4 is 18.4 Å². The molecule has 2 rings (SSSR count). The number of ether oxygens (including phenoxy) is 2. The van der Waals surface area contributed by atoms with E-state index in [1.165, 1.54) is 12.1 Å². The highest BCUT2D eigenvalue weighted by Crippen LogP contribution is 2.59. The van der Waals surface area contributed by atoms with Gasteiger partial charge in [-0.15, -0.1) is 0 Å². The normalized spacial score (nSPS) is 12.3. The number of hydrogen-bond acceptors (Lipinski definition) is 4. The van der Waals surface area contributed by atoms with Crippen molar-refractivity contribution in [3.8, 4) is 6.07 Å². The van der Waals surface area contributed by atoms with Crippen molar-refractivity contribution in [2.24, 2.45) is 0 Å². The van der Waals surface area contributed by atoms with E-state index in [0.29, 0.717) is 16.3 Å². The average Bonchev–Trinajstić information content (AvgIpc) is 2.47. The minimum Gasteiger partial charge on any atom is -0.340 e. The first-order valence-corrected chi connectivity index (χ1v) is 7.60. The zero-order chi connectivity index (χ0) is 15.7. The highest BCUT2D eigenvalue weighted by Gasteiger charge is 2.51. The van der Waals surface area contributed by atoms with Crippen LogP contribution in [0.3, 0.4) is 0 Å². The largest absolute Gasteiger partial charge is 0.389 e. The van der Waals surface area contributed by atoms with E-state index in [9.17, 15) is 14.4 Å². The summed E-state index contributed by atoms with van der Waals surface area (Å²) in [5.74, 6) is 0. The average molecular weight is 307 g/mol. The Balaban J connectivity index is 2.90. The molecule has 2 aromatic carbocycles. The topological polar surface area (TPSA) is 99.8 Å². The molecule has 0 heterocycles. The van der Waals surface area contributed by atoms with Crippen LogP contribution < -0.4 is 0 Å². The van der Waals surface area contributed by atoms with Crippen LogP contribution in [-0.2, 0) is 19.6 Å². The van der Waals surface area contributed by atoms with Gasteiger partial charge in [-0.1, -0.05) is 30.3 Å². The Morgan fingerprint density at radius 2 is 1.67 bits per heavy atom. The second-order valence-corrected chi connectivity index (χ2v) is 6.03. The fraction of sp³-hybridized carbons (Fsp3) is 0.214. The zero-order valence-electron chi connectivity index (χ0n) is 11.5. The fourth-order valence-electron chi connectivity index (χ4n) is 2.37. The quantitative estimate of drug-likeness (QED) is 0.664. The molecule has 0 fully saturated rings. The molecule has 6 nitrogen and oxygen atoms in total. The van der Waals surface area contributed by atoms with Gasteiger partial charge in [-0.25, -0.2) is 0 Å². The molecule has 2 aromatic rings. The first kappa shape index (κ1) is 15.6. The third kappa shape index (κ3) is 2.36. The van der Waals surface area contributed by atoms with E-state index >= 15 is 0 Å². The molecule has 0 spiro atoms. The molecule has 21 heavy (non-hydrogen) atoms. The highest BCUT2D eigenvalue weighted by molar-refractivity contribution is 7.52. The van der Waals surface area contributed by atoms with Gasteiger partial charge in [-0.3, -0.25) is 4.57 Å². The van der Waals surface area contributed by atoms with Crippen molar-refractivity contribution in [2.45, 2.75) is 5.53 Å². The summed E-state index contributed by atoms with van der Waals surface area (Å²) in [5, 5.41) is 10.2. The second kappa shape index (κ2) is 5.57. The molecule has 0 aliphatic heterocycles. The van der Waals surface area contributed by atoms with E-state index in [4.69, 9.17) is 14.7 Å². The van der Waals surface area contributed by atoms with Crippen LogP contribution in [-0.4, -0.2) is 24.0 Å². The van der Waals surface area contributed by atoms with Crippen molar-refractivity contribution in [3.63, 3.8) is 0 Å². The van der Waals surface area contributed by atoms with Gasteiger partial charge in [-0.05, 0) is 16.8 Å². The summed E-state index contributed by atoms with van der Waals surface area (Å²) in [6.07, 6.45) is 0. The van der Waals surface area contributed by atoms with Gasteiger partial charge in [0.1, 0.15) is 0 Å². The molecule has 0 atom stereocenters. The van der Waals surface area contributed by atoms with Gasteiger partial charge in [0, 0.05) is 19.8 Å². The van der Waals surface area contributed by atoms with Crippen molar-refractivity contribution in [3.05, 3.63) is 47.5 Å². The first-order chi connectivity index (χ1) is 9.91. The number of rotatable bonds is 4. The summed E-state index contributed by atoms with van der Waals surface area (Å²) in [7, 11) is -2.46. The van der Waals surface area contributed by atoms with Crippen molar-refractivity contribution in [1.29, 1.82) is 5.26 Å². The Bertz CT molecular complexity index is 758. The summed E-state index contributed by atoms with van der Waals surface area (Å²) in [6, 6.07) is 11.8. The molecule has 0 bridgehead atoms. The second-order valence-electron chi connectivity index (χ2n) is 4.35. The maximum Gasteiger partial charge on any atom is 0.389 e. The molecule has 0 saturated heterocycles. The summed E-state index contributed by atoms with van der Waals surface area (Å²) >= 11 is 0. The molecule has 0 aliphatic rings. The number of fused-ring (bicyclic) bond motifs is 1. The minimum absolute atomic E-state index is 0.176. The van der Waals surface area contributed by atoms with Crippen LogP contribution >= 0.6 is 7.60 Å². The lowest BCUT2D eigenvalue weighted by Crippen LogP contribution is -2.31. The Labute approximate surface area is 121 Å². The molecule has 0 saturated carbocycles. The first-order valence-electron chi connectivity index (χ1n) is 5.99. The third-order valence-corrected chi connectivity index (χ3v) is 4.69. The fourth-order valence-corrected chi connectivity index (χ4v) is 3.35. The number of methoxy groups -OCH3 is 2. The van der Waals surface area contributed by atoms with Crippen LogP contribution in [0.15, 0.2) is 36.4 Å². The molecule has 0 aliphatic carbocycles. The molecule has 7 heteroatoms. The Hall–Kier alpha value is -1.74. The lowest BCUT2D eigenvalue weighted by Gasteiger charge is -2.32. The van der Waals surface area contributed by atoms with E-state index in [2.05, 4.69) is 0 Å². The van der Waals surface area contributed by atoms with Crippen molar-refractivity contribution in [2.75, 3.05) is 14.2 Å². The van der Waals surface area contributed by atoms with Crippen LogP contribution in [0.25, 0.3) is 10.8 Å². The van der Waals surface area contributed by atoms with Crippen LogP contribution in [0.1, 0.15) is 11.1 Å². The molecule has 2 N–H and O–H groups in total. The number of nitrogens with zero attached hydrogens (tertiary/aromatic N) is 1. The van der Waals surface area contributed by atoms with Crippen LogP contribution in [0.2, 0.25) is 0 Å². The lowest BCUT2D eigenvalue weighted by atomic mass is 9.99. The van der Waals surface area contributed by atoms with Gasteiger partial charge in [0.15, 0.2) is 0 Å². The predicted octanol–water partition coefficient (Wildman–Crippen LogP) is 2.29. The minimum atomic E-state index is -4.78. The summed E-state index contributed by atoms with van der Waals surface area (Å²) in [6.45, 7) is 0. The van der Waals surface area contributed by atoms with E-state index in [1.54, 1.807) is 24.3 Å². The number of benzene rings is 2. The van der Waals surface area contributed by atoms with E-state index in [1.807, 2.05) is 6.07 Å². The zero-order valence-corrected chi connectivity index (χ0v) is 12.4. The Kier molecular flexibility index (Phi) is 4.15. The molecule has 0 aromatic heterocycles. The van der Waals surface area contributed by atoms with Crippen molar-refractivity contribution in [1.82, 2.24) is 0 Å². The number of nitriles is 1. The maximum absolute atomic E-state index is 11.9. The Morgan fingerprint density at radius 3 is 2.14 bits per heavy atom. The lowest BCUT2D eigenvalue weighted by molar-refractivity contribution is -0.161. The van der Waals surface area contributed by atoms with Crippen LogP contribution in [0.5, 0.6) is 0 Å². The molecule has 0 amide bonds. The standard InChI is InChI=1S/C14H14NO5P/c1-19-14(20-2,21(16,17)18)13-8-7-10(9-15)11-5-3-4-6-12(11)13/h3-8H,1-2H3,(H2,16,17,18). The highest BCUT2D eigenvalue weighted by atomic mass is 31.2. The van der Waals surface area contributed by atoms with Gasteiger partial charge in [-0.2, -0.15) is 5.26 Å². The van der Waals surface area contributed by atoms with Gasteiger partial charge < -0.3 is 19.3 Å². The van der Waals surface area contributed by atoms with Gasteiger partial charge in [0.25, 0.3) is 5.53 Å². The van der Waals surface area contributed by atoms with E-state index in [0.717, 1.165) is 14.2 Å². The SMILES string of the molecule is COC(OC)(c1ccc(C#N)c2ccccc12)P(=O)(O)O. The summed E-state index contributed by atoms with van der Waals surface area (Å²) in [4.78, 5) is 19.3. The Morgan fingerprint density at radius 1 is 1.10 bits per heavy atom. The maximum atomic E-state index is 11.9. The summed E-state index contributed by atoms with van der Waals surface area (Å²) in [5.41, 5.74) is -1.63. The van der Waals surface area contributed by atoms with Crippen LogP contribution in [0.4, 0.5) is 0 Å². The van der Waals surface area contributed by atoms with Gasteiger partial charge >= 0.3 is 7.60 Å². The smallest absolute Gasteiger partial charge is 0.340 e. The van der Waals surface area contributed by atoms with E-state index in [-0.39, 0.29) is 5.56 Å². The van der Waals surface area contributed by atoms with E-state index < -0.39 is 13.1 Å². The van der Waals surface area contributed by atoms with Crippen molar-refractivity contribution < 1.29 is 23.8 Å². The van der Waals surface area contributed by atoms with Crippen LogP contribution in [0, 0.1) is 11.3 Å². The predicted molar refractivity (Wildman–Crippen MR) is 76.4 cm³/mol. The van der Waals surface area contributed by atoms with Gasteiger partial charge in [0.05, 0.1) is 11.6 Å².